The second kappa shape index (κ2) is 5.41. The Morgan fingerprint density at radius 3 is 3.05 bits per heavy atom. The van der Waals surface area contributed by atoms with Gasteiger partial charge in [0.1, 0.15) is 0 Å². The number of nitrogen functional groups attached to an aromatic ring is 1. The van der Waals surface area contributed by atoms with Crippen LogP contribution in [0.2, 0.25) is 0 Å². The summed E-state index contributed by atoms with van der Waals surface area (Å²) in [6, 6.07) is 5.90. The zero-order valence-corrected chi connectivity index (χ0v) is 12.6. The highest BCUT2D eigenvalue weighted by atomic mass is 16.2. The number of fused-ring (bicyclic) bond motifs is 1. The minimum atomic E-state index is 0.0753. The van der Waals surface area contributed by atoms with E-state index in [4.69, 9.17) is 5.73 Å². The maximum absolute atomic E-state index is 12.8. The van der Waals surface area contributed by atoms with E-state index in [-0.39, 0.29) is 11.9 Å². The zero-order chi connectivity index (χ0) is 15.0. The van der Waals surface area contributed by atoms with Crippen molar-refractivity contribution in [1.29, 1.82) is 0 Å². The molecule has 0 saturated carbocycles. The first-order valence-corrected chi connectivity index (χ1v) is 7.38. The number of aromatic amines is 1. The summed E-state index contributed by atoms with van der Waals surface area (Å²) in [4.78, 5) is 20.1. The lowest BCUT2D eigenvalue weighted by Crippen LogP contribution is -2.47. The third kappa shape index (κ3) is 2.61. The van der Waals surface area contributed by atoms with Crippen LogP contribution in [0.5, 0.6) is 0 Å². The number of likely N-dealkylation sites (tertiary alicyclic amines) is 1. The summed E-state index contributed by atoms with van der Waals surface area (Å²) in [5, 5.41) is 0.935. The number of hydrogen-bond acceptors (Lipinski definition) is 3. The number of anilines is 1. The Kier molecular flexibility index (Phi) is 3.59. The van der Waals surface area contributed by atoms with E-state index in [9.17, 15) is 4.79 Å². The number of benzene rings is 1. The third-order valence-electron chi connectivity index (χ3n) is 4.40. The number of nitrogens with two attached hydrogens (primary N) is 1. The normalized spacial score (nSPS) is 19.8. The second-order valence-electron chi connectivity index (χ2n) is 5.98. The van der Waals surface area contributed by atoms with Crippen molar-refractivity contribution in [2.45, 2.75) is 18.9 Å². The number of piperidine rings is 1. The quantitative estimate of drug-likeness (QED) is 0.829. The smallest absolute Gasteiger partial charge is 0.256 e. The number of rotatable bonds is 2. The number of aromatic nitrogens is 1. The first-order chi connectivity index (χ1) is 10.1. The van der Waals surface area contributed by atoms with Crippen LogP contribution in [-0.4, -0.2) is 53.9 Å². The van der Waals surface area contributed by atoms with Crippen molar-refractivity contribution in [3.05, 3.63) is 30.0 Å². The van der Waals surface area contributed by atoms with Crippen molar-refractivity contribution in [2.24, 2.45) is 0 Å². The van der Waals surface area contributed by atoms with Crippen LogP contribution < -0.4 is 5.73 Å². The molecule has 1 aliphatic heterocycles. The summed E-state index contributed by atoms with van der Waals surface area (Å²) < 4.78 is 0. The van der Waals surface area contributed by atoms with E-state index in [1.165, 1.54) is 0 Å². The van der Waals surface area contributed by atoms with Crippen molar-refractivity contribution in [3.8, 4) is 0 Å². The molecule has 112 valence electrons. The van der Waals surface area contributed by atoms with E-state index < -0.39 is 0 Å². The van der Waals surface area contributed by atoms with Crippen LogP contribution in [-0.2, 0) is 0 Å². The van der Waals surface area contributed by atoms with Crippen molar-refractivity contribution in [2.75, 3.05) is 32.9 Å². The molecule has 1 aromatic heterocycles. The van der Waals surface area contributed by atoms with Gasteiger partial charge in [0, 0.05) is 42.4 Å². The van der Waals surface area contributed by atoms with E-state index >= 15 is 0 Å². The van der Waals surface area contributed by atoms with Crippen molar-refractivity contribution >= 4 is 22.5 Å². The average molecular weight is 286 g/mol. The highest BCUT2D eigenvalue weighted by Crippen LogP contribution is 2.23. The number of hydrogen-bond donors (Lipinski definition) is 2. The van der Waals surface area contributed by atoms with E-state index in [1.54, 1.807) is 6.20 Å². The molecule has 1 unspecified atom stereocenters. The van der Waals surface area contributed by atoms with Gasteiger partial charge in [-0.05, 0) is 44.6 Å². The second-order valence-corrected chi connectivity index (χ2v) is 5.98. The Hall–Kier alpha value is -2.01. The summed E-state index contributed by atoms with van der Waals surface area (Å²) in [6.45, 7) is 2.06. The topological polar surface area (TPSA) is 65.4 Å². The summed E-state index contributed by atoms with van der Waals surface area (Å²) in [6.07, 6.45) is 4.00. The van der Waals surface area contributed by atoms with Crippen LogP contribution in [0.1, 0.15) is 23.2 Å². The Bertz CT molecular complexity index is 663. The Morgan fingerprint density at radius 2 is 2.29 bits per heavy atom. The fourth-order valence-electron chi connectivity index (χ4n) is 3.13. The standard InChI is InChI=1S/C16H22N4O/c1-19-7-3-4-12(10-19)20(2)16(21)14-9-18-15-8-11(17)5-6-13(14)15/h5-6,8-9,12,18H,3-4,7,10,17H2,1-2H3. The van der Waals surface area contributed by atoms with Crippen LogP contribution >= 0.6 is 0 Å². The molecule has 0 radical (unpaired) electrons. The zero-order valence-electron chi connectivity index (χ0n) is 12.6. The first-order valence-electron chi connectivity index (χ1n) is 7.38. The molecular formula is C16H22N4O. The number of carbonyl (C=O) groups is 1. The summed E-state index contributed by atoms with van der Waals surface area (Å²) >= 11 is 0. The third-order valence-corrected chi connectivity index (χ3v) is 4.40. The molecular weight excluding hydrogens is 264 g/mol. The van der Waals surface area contributed by atoms with Gasteiger partial charge in [-0.2, -0.15) is 0 Å². The Labute approximate surface area is 124 Å². The van der Waals surface area contributed by atoms with Crippen LogP contribution in [0.25, 0.3) is 10.9 Å². The van der Waals surface area contributed by atoms with Gasteiger partial charge in [-0.15, -0.1) is 0 Å². The molecule has 3 rings (SSSR count). The van der Waals surface area contributed by atoms with E-state index in [0.717, 1.165) is 42.4 Å². The largest absolute Gasteiger partial charge is 0.399 e. The number of nitrogens with zero attached hydrogens (tertiary/aromatic N) is 2. The molecule has 21 heavy (non-hydrogen) atoms. The van der Waals surface area contributed by atoms with Crippen LogP contribution in [0.15, 0.2) is 24.4 Å². The minimum absolute atomic E-state index is 0.0753. The van der Waals surface area contributed by atoms with Crippen LogP contribution in [0.3, 0.4) is 0 Å². The molecule has 1 amide bonds. The average Bonchev–Trinajstić information content (AvgIpc) is 2.88. The van der Waals surface area contributed by atoms with Gasteiger partial charge < -0.3 is 20.5 Å². The number of carbonyl (C=O) groups excluding carboxylic acids is 1. The maximum atomic E-state index is 12.8. The molecule has 0 spiro atoms. The molecule has 5 nitrogen and oxygen atoms in total. The number of amides is 1. The monoisotopic (exact) mass is 286 g/mol. The van der Waals surface area contributed by atoms with E-state index in [0.29, 0.717) is 5.69 Å². The van der Waals surface area contributed by atoms with Gasteiger partial charge in [-0.25, -0.2) is 0 Å². The van der Waals surface area contributed by atoms with Gasteiger partial charge in [0.05, 0.1) is 5.56 Å². The molecule has 1 aliphatic rings. The lowest BCUT2D eigenvalue weighted by atomic mass is 10.0. The fourth-order valence-corrected chi connectivity index (χ4v) is 3.13. The Morgan fingerprint density at radius 1 is 1.48 bits per heavy atom. The van der Waals surface area contributed by atoms with Crippen LogP contribution in [0.4, 0.5) is 5.69 Å². The molecule has 0 bridgehead atoms. The highest BCUT2D eigenvalue weighted by molar-refractivity contribution is 6.07. The van der Waals surface area contributed by atoms with Gasteiger partial charge in [-0.3, -0.25) is 4.79 Å². The molecule has 2 aromatic rings. The van der Waals surface area contributed by atoms with Gasteiger partial charge in [0.25, 0.3) is 5.91 Å². The fraction of sp³-hybridized carbons (Fsp3) is 0.438. The van der Waals surface area contributed by atoms with Gasteiger partial charge >= 0.3 is 0 Å². The lowest BCUT2D eigenvalue weighted by Gasteiger charge is -2.35. The number of H-pyrrole nitrogens is 1. The molecule has 2 heterocycles. The molecule has 1 atom stereocenters. The molecule has 1 aromatic carbocycles. The lowest BCUT2D eigenvalue weighted by molar-refractivity contribution is 0.0646. The van der Waals surface area contributed by atoms with Gasteiger partial charge in [-0.1, -0.05) is 0 Å². The SMILES string of the molecule is CN1CCCC(N(C)C(=O)c2c[nH]c3cc(N)ccc23)C1. The van der Waals surface area contributed by atoms with E-state index in [2.05, 4.69) is 16.9 Å². The molecule has 3 N–H and O–H groups in total. The summed E-state index contributed by atoms with van der Waals surface area (Å²) in [5.74, 6) is 0.0753. The van der Waals surface area contributed by atoms with E-state index in [1.807, 2.05) is 30.1 Å². The van der Waals surface area contributed by atoms with Crippen molar-refractivity contribution < 1.29 is 4.79 Å². The van der Waals surface area contributed by atoms with Crippen molar-refractivity contribution in [3.63, 3.8) is 0 Å². The van der Waals surface area contributed by atoms with Crippen molar-refractivity contribution in [1.82, 2.24) is 14.8 Å². The first kappa shape index (κ1) is 13.9. The van der Waals surface area contributed by atoms with Gasteiger partial charge in [0.15, 0.2) is 0 Å². The predicted molar refractivity (Wildman–Crippen MR) is 85.3 cm³/mol. The molecule has 5 heteroatoms. The summed E-state index contributed by atoms with van der Waals surface area (Å²) in [7, 11) is 4.02. The number of likely N-dealkylation sites (N-methyl/N-ethyl adjacent to an activating group) is 2. The van der Waals surface area contributed by atoms with Crippen LogP contribution in [0, 0.1) is 0 Å². The predicted octanol–water partition coefficient (Wildman–Crippen LogP) is 1.92. The highest BCUT2D eigenvalue weighted by Gasteiger charge is 2.26. The molecule has 1 saturated heterocycles. The molecule has 1 fully saturated rings. The maximum Gasteiger partial charge on any atom is 0.256 e. The van der Waals surface area contributed by atoms with Gasteiger partial charge in [0.2, 0.25) is 0 Å². The summed E-state index contributed by atoms with van der Waals surface area (Å²) in [5.41, 5.74) is 8.11. The molecule has 0 aliphatic carbocycles. The minimum Gasteiger partial charge on any atom is -0.399 e. The Balaban J connectivity index is 1.86. The number of nitrogens with one attached hydrogen (secondary N) is 1.